The Kier molecular flexibility index (Phi) is 5.88. The first kappa shape index (κ1) is 18.1. The molecular weight excluding hydrogens is 406 g/mol. The average Bonchev–Trinajstić information content (AvgIpc) is 3.11. The van der Waals surface area contributed by atoms with Crippen molar-refractivity contribution >= 4 is 33.7 Å². The van der Waals surface area contributed by atoms with Crippen LogP contribution in [-0.2, 0) is 11.4 Å². The van der Waals surface area contributed by atoms with Crippen LogP contribution >= 0.6 is 27.7 Å². The van der Waals surface area contributed by atoms with Crippen molar-refractivity contribution in [3.8, 4) is 11.5 Å². The summed E-state index contributed by atoms with van der Waals surface area (Å²) in [5.74, 6) is 0.949. The predicted molar refractivity (Wildman–Crippen MR) is 101 cm³/mol. The lowest BCUT2D eigenvalue weighted by molar-refractivity contribution is -0.138. The molecule has 2 aromatic carbocycles. The summed E-state index contributed by atoms with van der Waals surface area (Å²) in [6, 6.07) is 13.2. The Morgan fingerprint density at radius 3 is 2.76 bits per heavy atom. The first-order valence-electron chi connectivity index (χ1n) is 7.73. The number of benzene rings is 2. The molecule has 1 heterocycles. The van der Waals surface area contributed by atoms with Crippen LogP contribution < -0.4 is 14.8 Å². The highest BCUT2D eigenvalue weighted by Crippen LogP contribution is 2.42. The van der Waals surface area contributed by atoms with Crippen molar-refractivity contribution in [2.24, 2.45) is 0 Å². The third-order valence-electron chi connectivity index (χ3n) is 3.86. The highest BCUT2D eigenvalue weighted by Gasteiger charge is 2.31. The number of rotatable bonds is 6. The minimum atomic E-state index is -0.830. The molecule has 0 bridgehead atoms. The van der Waals surface area contributed by atoms with Crippen LogP contribution in [-0.4, -0.2) is 30.0 Å². The first-order chi connectivity index (χ1) is 12.1. The highest BCUT2D eigenvalue weighted by molar-refractivity contribution is 9.10. The summed E-state index contributed by atoms with van der Waals surface area (Å²) in [7, 11) is 1.59. The number of hydrogen-bond acceptors (Lipinski definition) is 5. The van der Waals surface area contributed by atoms with Crippen molar-refractivity contribution in [3.63, 3.8) is 0 Å². The summed E-state index contributed by atoms with van der Waals surface area (Å²) in [6.45, 7) is 0.437. The molecule has 132 valence electrons. The number of halogens is 1. The van der Waals surface area contributed by atoms with E-state index in [0.29, 0.717) is 23.9 Å². The van der Waals surface area contributed by atoms with Gasteiger partial charge in [0.05, 0.1) is 17.0 Å². The molecule has 25 heavy (non-hydrogen) atoms. The zero-order valence-electron chi connectivity index (χ0n) is 13.6. The van der Waals surface area contributed by atoms with Gasteiger partial charge in [-0.05, 0) is 39.2 Å². The monoisotopic (exact) mass is 423 g/mol. The molecule has 2 atom stereocenters. The topological polar surface area (TPSA) is 67.8 Å². The molecule has 0 aromatic heterocycles. The summed E-state index contributed by atoms with van der Waals surface area (Å²) in [6.07, 6.45) is 0. The molecule has 0 radical (unpaired) electrons. The van der Waals surface area contributed by atoms with E-state index in [0.717, 1.165) is 15.6 Å². The number of methoxy groups -OCH3 is 1. The quantitative estimate of drug-likeness (QED) is 0.735. The van der Waals surface area contributed by atoms with Crippen LogP contribution in [0.25, 0.3) is 0 Å². The number of carboxylic acid groups (broad SMARTS) is 1. The molecular formula is C18H18BrNO4S. The molecule has 2 N–H and O–H groups in total. The van der Waals surface area contributed by atoms with Crippen LogP contribution in [0.4, 0.5) is 0 Å². The molecule has 0 saturated carbocycles. The van der Waals surface area contributed by atoms with E-state index in [4.69, 9.17) is 14.6 Å². The van der Waals surface area contributed by atoms with Crippen molar-refractivity contribution in [3.05, 3.63) is 58.1 Å². The van der Waals surface area contributed by atoms with Gasteiger partial charge >= 0.3 is 5.97 Å². The Hall–Kier alpha value is -1.70. The number of thioether (sulfide) groups is 1. The molecule has 1 fully saturated rings. The second-order valence-electron chi connectivity index (χ2n) is 5.58. The fraction of sp³-hybridized carbons (Fsp3) is 0.278. The van der Waals surface area contributed by atoms with Gasteiger partial charge in [-0.25, -0.2) is 0 Å². The summed E-state index contributed by atoms with van der Waals surface area (Å²) in [5, 5.41) is 12.1. The van der Waals surface area contributed by atoms with Gasteiger partial charge in [-0.1, -0.05) is 30.3 Å². The number of hydrogen-bond donors (Lipinski definition) is 2. The third-order valence-corrected chi connectivity index (χ3v) is 5.72. The summed E-state index contributed by atoms with van der Waals surface area (Å²) >= 11 is 5.11. The van der Waals surface area contributed by atoms with Crippen molar-refractivity contribution < 1.29 is 19.4 Å². The van der Waals surface area contributed by atoms with E-state index in [1.54, 1.807) is 18.9 Å². The summed E-state index contributed by atoms with van der Waals surface area (Å²) in [5.41, 5.74) is 2.02. The van der Waals surface area contributed by atoms with E-state index >= 15 is 0 Å². The Morgan fingerprint density at radius 1 is 1.36 bits per heavy atom. The molecule has 0 aliphatic carbocycles. The van der Waals surface area contributed by atoms with Crippen LogP contribution in [0.3, 0.4) is 0 Å². The van der Waals surface area contributed by atoms with Crippen LogP contribution in [0.5, 0.6) is 11.5 Å². The summed E-state index contributed by atoms with van der Waals surface area (Å²) < 4.78 is 12.2. The molecule has 1 saturated heterocycles. The van der Waals surface area contributed by atoms with Gasteiger partial charge in [0.25, 0.3) is 0 Å². The normalized spacial score (nSPS) is 19.6. The van der Waals surface area contributed by atoms with Crippen molar-refractivity contribution in [1.82, 2.24) is 5.32 Å². The van der Waals surface area contributed by atoms with E-state index in [1.807, 2.05) is 42.5 Å². The average molecular weight is 424 g/mol. The second-order valence-corrected chi connectivity index (χ2v) is 7.57. The lowest BCUT2D eigenvalue weighted by atomic mass is 10.2. The van der Waals surface area contributed by atoms with Gasteiger partial charge in [0.1, 0.15) is 12.6 Å². The number of carboxylic acids is 1. The van der Waals surface area contributed by atoms with E-state index in [9.17, 15) is 4.79 Å². The zero-order chi connectivity index (χ0) is 17.8. The maximum absolute atomic E-state index is 11.1. The Morgan fingerprint density at radius 2 is 2.12 bits per heavy atom. The lowest BCUT2D eigenvalue weighted by Gasteiger charge is -2.17. The van der Waals surface area contributed by atoms with E-state index in [2.05, 4.69) is 21.2 Å². The van der Waals surface area contributed by atoms with Crippen molar-refractivity contribution in [2.75, 3.05) is 12.9 Å². The maximum atomic E-state index is 11.1. The predicted octanol–water partition coefficient (Wildman–Crippen LogP) is 3.82. The fourth-order valence-corrected chi connectivity index (χ4v) is 4.35. The number of nitrogens with one attached hydrogen (secondary N) is 1. The van der Waals surface area contributed by atoms with Crippen LogP contribution in [0.1, 0.15) is 16.5 Å². The van der Waals surface area contributed by atoms with Crippen LogP contribution in [0.15, 0.2) is 46.9 Å². The molecule has 1 aliphatic rings. The smallest absolute Gasteiger partial charge is 0.321 e. The number of aliphatic carboxylic acids is 1. The lowest BCUT2D eigenvalue weighted by Crippen LogP contribution is -2.33. The van der Waals surface area contributed by atoms with Gasteiger partial charge in [0.2, 0.25) is 0 Å². The Balaban J connectivity index is 1.78. The highest BCUT2D eigenvalue weighted by atomic mass is 79.9. The maximum Gasteiger partial charge on any atom is 0.321 e. The van der Waals surface area contributed by atoms with E-state index < -0.39 is 12.0 Å². The van der Waals surface area contributed by atoms with E-state index in [1.165, 1.54) is 0 Å². The standard InChI is InChI=1S/C18H18BrNO4S/c1-23-15-8-12(17-20-14(10-25-17)18(21)22)7-13(19)16(15)24-9-11-5-3-2-4-6-11/h2-8,14,17,20H,9-10H2,1H3,(H,21,22)/t14-,17-/m0/s1. The third kappa shape index (κ3) is 4.29. The molecule has 0 unspecified atom stereocenters. The van der Waals surface area contributed by atoms with Gasteiger partial charge in [-0.2, -0.15) is 0 Å². The zero-order valence-corrected chi connectivity index (χ0v) is 16.0. The molecule has 2 aromatic rings. The van der Waals surface area contributed by atoms with Crippen LogP contribution in [0.2, 0.25) is 0 Å². The van der Waals surface area contributed by atoms with Crippen molar-refractivity contribution in [1.29, 1.82) is 0 Å². The molecule has 1 aliphatic heterocycles. The summed E-state index contributed by atoms with van der Waals surface area (Å²) in [4.78, 5) is 11.1. The minimum absolute atomic E-state index is 0.0885. The fourth-order valence-electron chi connectivity index (χ4n) is 2.57. The van der Waals surface area contributed by atoms with Gasteiger partial charge in [-0.3, -0.25) is 10.1 Å². The molecule has 3 rings (SSSR count). The number of ether oxygens (including phenoxy) is 2. The van der Waals surface area contributed by atoms with Gasteiger partial charge in [0.15, 0.2) is 11.5 Å². The van der Waals surface area contributed by atoms with Gasteiger partial charge in [0, 0.05) is 5.75 Å². The Labute approximate surface area is 158 Å². The minimum Gasteiger partial charge on any atom is -0.493 e. The molecule has 7 heteroatoms. The SMILES string of the molecule is COc1cc([C@H]2N[C@H](C(=O)O)CS2)cc(Br)c1OCc1ccccc1. The number of carbonyl (C=O) groups is 1. The molecule has 0 spiro atoms. The Bertz CT molecular complexity index is 756. The van der Waals surface area contributed by atoms with Crippen molar-refractivity contribution in [2.45, 2.75) is 18.0 Å². The molecule has 5 nitrogen and oxygen atoms in total. The first-order valence-corrected chi connectivity index (χ1v) is 9.57. The van der Waals surface area contributed by atoms with E-state index in [-0.39, 0.29) is 5.37 Å². The van der Waals surface area contributed by atoms with Gasteiger partial charge in [-0.15, -0.1) is 11.8 Å². The molecule has 0 amide bonds. The van der Waals surface area contributed by atoms with Gasteiger partial charge < -0.3 is 14.6 Å². The largest absolute Gasteiger partial charge is 0.493 e. The second kappa shape index (κ2) is 8.12. The van der Waals surface area contributed by atoms with Crippen LogP contribution in [0, 0.1) is 0 Å².